The lowest BCUT2D eigenvalue weighted by Crippen LogP contribution is -2.33. The van der Waals surface area contributed by atoms with Crippen LogP contribution in [-0.4, -0.2) is 95.0 Å². The predicted molar refractivity (Wildman–Crippen MR) is 261 cm³/mol. The maximum absolute atomic E-state index is 12.8. The molecule has 0 aromatic heterocycles. The average molecular weight is 931 g/mol. The summed E-state index contributed by atoms with van der Waals surface area (Å²) in [5.41, 5.74) is 7.33. The zero-order chi connectivity index (χ0) is 47.3. The molecule has 4 amide bonds. The molecule has 0 bridgehead atoms. The third-order valence-corrected chi connectivity index (χ3v) is 11.6. The lowest BCUT2D eigenvalue weighted by atomic mass is 10.0. The monoisotopic (exact) mass is 930 g/mol. The molecule has 0 spiro atoms. The number of anilines is 2. The standard InChI is InChI=1S/C26H31N5O3S.C22H23N5O3S/c1-4-24(31-26(33)35-17-23(30-31)20-11-9-19(16-27)10-12-20)21-7-5-8-22(15-21)29-25(32)34-14-6-13-28-18(2)3;1-24-10-3-11-30-21(28)25-19-5-2-4-17(12-19)14-27-22(29)31-15-20(26-27)18-8-6-16(13-23)7-9-18/h5,7-12,15,18,24,28H,4,6,13-14,17H2,1-3H3,(H,29,32);2,4-9,12,24H,3,10-11,14-15H2,1H3,(H,25,28). The van der Waals surface area contributed by atoms with Crippen molar-refractivity contribution in [2.24, 2.45) is 10.2 Å². The summed E-state index contributed by atoms with van der Waals surface area (Å²) in [4.78, 5) is 49.2. The molecule has 6 rings (SSSR count). The van der Waals surface area contributed by atoms with Gasteiger partial charge in [0.15, 0.2) is 0 Å². The van der Waals surface area contributed by atoms with Crippen molar-refractivity contribution in [1.29, 1.82) is 10.5 Å². The Morgan fingerprint density at radius 2 is 1.29 bits per heavy atom. The fraction of sp³-hybridized carbons (Fsp3) is 0.333. The number of carbonyl (C=O) groups is 4. The Labute approximate surface area is 394 Å². The molecule has 1 unspecified atom stereocenters. The van der Waals surface area contributed by atoms with Gasteiger partial charge >= 0.3 is 22.7 Å². The summed E-state index contributed by atoms with van der Waals surface area (Å²) < 4.78 is 10.4. The van der Waals surface area contributed by atoms with Gasteiger partial charge in [-0.15, -0.1) is 0 Å². The van der Waals surface area contributed by atoms with Crippen LogP contribution in [-0.2, 0) is 16.0 Å². The van der Waals surface area contributed by atoms with E-state index in [1.807, 2.05) is 62.5 Å². The highest BCUT2D eigenvalue weighted by atomic mass is 32.2. The highest BCUT2D eigenvalue weighted by Crippen LogP contribution is 2.33. The Hall–Kier alpha value is -6.70. The van der Waals surface area contributed by atoms with Gasteiger partial charge in [-0.2, -0.15) is 20.7 Å². The van der Waals surface area contributed by atoms with E-state index in [9.17, 15) is 19.2 Å². The number of nitriles is 2. The highest BCUT2D eigenvalue weighted by molar-refractivity contribution is 8.14. The Bertz CT molecular complexity index is 2430. The lowest BCUT2D eigenvalue weighted by Gasteiger charge is -2.30. The van der Waals surface area contributed by atoms with Gasteiger partial charge < -0.3 is 20.1 Å². The van der Waals surface area contributed by atoms with Crippen LogP contribution in [0.5, 0.6) is 0 Å². The molecule has 4 N–H and O–H groups in total. The summed E-state index contributed by atoms with van der Waals surface area (Å²) in [5.74, 6) is 0.944. The van der Waals surface area contributed by atoms with E-state index < -0.39 is 12.2 Å². The van der Waals surface area contributed by atoms with Crippen LogP contribution in [0.3, 0.4) is 0 Å². The quantitative estimate of drug-likeness (QED) is 0.0687. The highest BCUT2D eigenvalue weighted by Gasteiger charge is 2.29. The van der Waals surface area contributed by atoms with Gasteiger partial charge in [0.05, 0.1) is 60.5 Å². The number of hydrogen-bond acceptors (Lipinski definition) is 14. The zero-order valence-corrected chi connectivity index (χ0v) is 39.0. The van der Waals surface area contributed by atoms with E-state index in [0.717, 1.165) is 59.6 Å². The Morgan fingerprint density at radius 3 is 1.85 bits per heavy atom. The zero-order valence-electron chi connectivity index (χ0n) is 37.4. The first-order chi connectivity index (χ1) is 32.0. The van der Waals surface area contributed by atoms with E-state index in [2.05, 4.69) is 57.5 Å². The van der Waals surface area contributed by atoms with E-state index in [4.69, 9.17) is 20.0 Å². The van der Waals surface area contributed by atoms with E-state index in [1.54, 1.807) is 48.5 Å². The molecular formula is C48H54N10O6S2. The molecule has 4 aromatic carbocycles. The molecule has 18 heteroatoms. The average Bonchev–Trinajstić information content (AvgIpc) is 3.32. The van der Waals surface area contributed by atoms with Crippen LogP contribution in [0, 0.1) is 22.7 Å². The largest absolute Gasteiger partial charge is 0.449 e. The number of nitrogens with one attached hydrogen (secondary N) is 4. The van der Waals surface area contributed by atoms with Crippen molar-refractivity contribution in [3.63, 3.8) is 0 Å². The molecule has 344 valence electrons. The van der Waals surface area contributed by atoms with Crippen molar-refractivity contribution >= 4 is 69.0 Å². The maximum atomic E-state index is 12.8. The second-order valence-corrected chi connectivity index (χ2v) is 17.0. The molecule has 0 fully saturated rings. The number of carbonyl (C=O) groups excluding carboxylic acids is 4. The number of amides is 4. The molecule has 2 aliphatic heterocycles. The van der Waals surface area contributed by atoms with Crippen LogP contribution in [0.1, 0.15) is 79.5 Å². The summed E-state index contributed by atoms with van der Waals surface area (Å²) in [6.07, 6.45) is 1.09. The minimum atomic E-state index is -0.515. The van der Waals surface area contributed by atoms with Crippen molar-refractivity contribution in [2.75, 3.05) is 55.5 Å². The number of nitrogens with zero attached hydrogens (tertiary/aromatic N) is 6. The summed E-state index contributed by atoms with van der Waals surface area (Å²) in [6.45, 7) is 8.62. The van der Waals surface area contributed by atoms with Crippen LogP contribution < -0.4 is 21.3 Å². The van der Waals surface area contributed by atoms with Crippen molar-refractivity contribution in [3.05, 3.63) is 130 Å². The van der Waals surface area contributed by atoms with Crippen molar-refractivity contribution in [2.45, 2.75) is 58.7 Å². The minimum absolute atomic E-state index is 0.123. The van der Waals surface area contributed by atoms with Gasteiger partial charge in [0.2, 0.25) is 0 Å². The second kappa shape index (κ2) is 26.3. The first-order valence-corrected chi connectivity index (χ1v) is 23.5. The number of hydrazone groups is 2. The first kappa shape index (κ1) is 50.3. The van der Waals surface area contributed by atoms with Gasteiger partial charge in [-0.1, -0.05) is 92.8 Å². The molecular weight excluding hydrogens is 877 g/mol. The number of ether oxygens (including phenoxy) is 2. The van der Waals surface area contributed by atoms with Gasteiger partial charge in [0.1, 0.15) is 0 Å². The van der Waals surface area contributed by atoms with E-state index in [-0.39, 0.29) is 23.1 Å². The summed E-state index contributed by atoms with van der Waals surface area (Å²) in [6, 6.07) is 33.2. The fourth-order valence-electron chi connectivity index (χ4n) is 6.51. The summed E-state index contributed by atoms with van der Waals surface area (Å²) in [5, 5.41) is 41.6. The molecule has 4 aromatic rings. The van der Waals surface area contributed by atoms with Gasteiger partial charge in [0, 0.05) is 28.9 Å². The number of benzene rings is 4. The minimum Gasteiger partial charge on any atom is -0.449 e. The van der Waals surface area contributed by atoms with Gasteiger partial charge in [-0.3, -0.25) is 20.2 Å². The SMILES string of the molecule is CCC(c1cccc(NC(=O)OCCCNC(C)C)c1)N1N=C(c2ccc(C#N)cc2)CSC1=O.CNCCCOC(=O)Nc1cccc(CN2N=C(c3ccc(C#N)cc3)CSC2=O)c1. The third kappa shape index (κ3) is 15.8. The normalized spacial score (nSPS) is 13.9. The van der Waals surface area contributed by atoms with Crippen molar-refractivity contribution < 1.29 is 28.7 Å². The molecule has 66 heavy (non-hydrogen) atoms. The van der Waals surface area contributed by atoms with E-state index in [0.29, 0.717) is 59.7 Å². The topological polar surface area (TPSA) is 214 Å². The molecule has 0 aliphatic carbocycles. The van der Waals surface area contributed by atoms with E-state index in [1.165, 1.54) is 33.5 Å². The first-order valence-electron chi connectivity index (χ1n) is 21.5. The fourth-order valence-corrected chi connectivity index (χ4v) is 8.04. The predicted octanol–water partition coefficient (Wildman–Crippen LogP) is 9.31. The smallest absolute Gasteiger partial charge is 0.411 e. The van der Waals surface area contributed by atoms with Gasteiger partial charge in [-0.25, -0.2) is 19.6 Å². The Balaban J connectivity index is 0.000000249. The van der Waals surface area contributed by atoms with Gasteiger partial charge in [-0.05, 0) is 110 Å². The molecule has 0 radical (unpaired) electrons. The molecule has 2 aliphatic rings. The maximum Gasteiger partial charge on any atom is 0.411 e. The Morgan fingerprint density at radius 1 is 0.742 bits per heavy atom. The molecule has 2 heterocycles. The molecule has 0 saturated heterocycles. The Kier molecular flexibility index (Phi) is 20.1. The third-order valence-electron chi connectivity index (χ3n) is 9.84. The van der Waals surface area contributed by atoms with Crippen LogP contribution in [0.15, 0.2) is 107 Å². The van der Waals surface area contributed by atoms with Crippen LogP contribution in [0.4, 0.5) is 30.6 Å². The number of thioether (sulfide) groups is 2. The van der Waals surface area contributed by atoms with Crippen LogP contribution in [0.25, 0.3) is 0 Å². The van der Waals surface area contributed by atoms with Gasteiger partial charge in [0.25, 0.3) is 0 Å². The van der Waals surface area contributed by atoms with E-state index >= 15 is 0 Å². The van der Waals surface area contributed by atoms with Crippen LogP contribution in [0.2, 0.25) is 0 Å². The second-order valence-electron chi connectivity index (χ2n) is 15.2. The van der Waals surface area contributed by atoms with Crippen molar-refractivity contribution in [3.8, 4) is 12.1 Å². The summed E-state index contributed by atoms with van der Waals surface area (Å²) in [7, 11) is 1.84. The summed E-state index contributed by atoms with van der Waals surface area (Å²) >= 11 is 2.39. The number of rotatable bonds is 18. The molecule has 0 saturated carbocycles. The lowest BCUT2D eigenvalue weighted by molar-refractivity contribution is 0.159. The van der Waals surface area contributed by atoms with Crippen molar-refractivity contribution in [1.82, 2.24) is 20.7 Å². The molecule has 1 atom stereocenters. The molecule has 16 nitrogen and oxygen atoms in total. The van der Waals surface area contributed by atoms with Crippen LogP contribution >= 0.6 is 23.5 Å². The number of hydrogen-bond donors (Lipinski definition) is 4.